The molecule has 27 heavy (non-hydrogen) atoms. The first-order valence-electron chi connectivity index (χ1n) is 8.45. The number of amides is 1. The van der Waals surface area contributed by atoms with Crippen LogP contribution in [0.5, 0.6) is 5.88 Å². The second-order valence-electron chi connectivity index (χ2n) is 5.89. The first-order valence-corrected chi connectivity index (χ1v) is 8.85. The van der Waals surface area contributed by atoms with Crippen molar-refractivity contribution in [2.75, 3.05) is 6.61 Å². The summed E-state index contributed by atoms with van der Waals surface area (Å²) in [4.78, 5) is 12.7. The number of nitrogens with zero attached hydrogens (tertiary/aromatic N) is 1. The molecule has 1 aromatic heterocycles. The number of benzene rings is 2. The van der Waals surface area contributed by atoms with E-state index in [2.05, 4.69) is 10.5 Å². The van der Waals surface area contributed by atoms with Gasteiger partial charge < -0.3 is 14.6 Å². The summed E-state index contributed by atoms with van der Waals surface area (Å²) in [6.45, 7) is 2.18. The van der Waals surface area contributed by atoms with Crippen molar-refractivity contribution in [1.29, 1.82) is 0 Å². The molecule has 2 aromatic carbocycles. The van der Waals surface area contributed by atoms with Crippen molar-refractivity contribution in [3.8, 4) is 5.88 Å². The molecule has 1 atom stereocenters. The summed E-state index contributed by atoms with van der Waals surface area (Å²) >= 11 is 4.84. The first-order chi connectivity index (χ1) is 13.1. The largest absolute Gasteiger partial charge is 0.473 e. The zero-order chi connectivity index (χ0) is 19.2. The number of hydrogen-bond acceptors (Lipinski definition) is 6. The van der Waals surface area contributed by atoms with Crippen LogP contribution in [0.1, 0.15) is 29.5 Å². The molecule has 0 aliphatic carbocycles. The van der Waals surface area contributed by atoms with E-state index in [1.165, 1.54) is 6.07 Å². The molecule has 140 valence electrons. The Bertz CT molecular complexity index is 952. The van der Waals surface area contributed by atoms with Gasteiger partial charge in [0.15, 0.2) is 10.7 Å². The lowest BCUT2D eigenvalue weighted by molar-refractivity contribution is 0.0920. The van der Waals surface area contributed by atoms with Crippen LogP contribution in [0.4, 0.5) is 0 Å². The zero-order valence-corrected chi connectivity index (χ0v) is 15.5. The van der Waals surface area contributed by atoms with Crippen LogP contribution in [0.25, 0.3) is 10.8 Å². The van der Waals surface area contributed by atoms with Crippen molar-refractivity contribution >= 4 is 33.9 Å². The highest BCUT2D eigenvalue weighted by atomic mass is 32.1. The molecule has 1 amide bonds. The lowest BCUT2D eigenvalue weighted by Crippen LogP contribution is -2.38. The molecular formula is C19H19N3O4S. The highest BCUT2D eigenvalue weighted by Crippen LogP contribution is 2.19. The van der Waals surface area contributed by atoms with Gasteiger partial charge in [-0.25, -0.2) is 0 Å². The minimum Gasteiger partial charge on any atom is -0.473 e. The molecule has 0 aliphatic heterocycles. The molecule has 8 heteroatoms. The summed E-state index contributed by atoms with van der Waals surface area (Å²) in [5.41, 5.74) is 2.43. The van der Waals surface area contributed by atoms with Crippen LogP contribution in [0.3, 0.4) is 0 Å². The van der Waals surface area contributed by atoms with E-state index >= 15 is 0 Å². The smallest absolute Gasteiger partial charge is 0.254 e. The van der Waals surface area contributed by atoms with Gasteiger partial charge in [0, 0.05) is 5.56 Å². The minimum absolute atomic E-state index is 0.00801. The quantitative estimate of drug-likeness (QED) is 0.425. The Morgan fingerprint density at radius 1 is 1.30 bits per heavy atom. The van der Waals surface area contributed by atoms with E-state index in [1.807, 2.05) is 48.8 Å². The number of ether oxygens (including phenoxy) is 1. The van der Waals surface area contributed by atoms with Crippen LogP contribution in [0.15, 0.2) is 53.1 Å². The van der Waals surface area contributed by atoms with Gasteiger partial charge in [-0.3, -0.25) is 15.5 Å². The highest BCUT2D eigenvalue weighted by Gasteiger charge is 2.16. The van der Waals surface area contributed by atoms with Gasteiger partial charge in [0.05, 0.1) is 12.1 Å². The van der Waals surface area contributed by atoms with Crippen LogP contribution in [0.2, 0.25) is 0 Å². The molecule has 0 saturated carbocycles. The number of fused-ring (bicyclic) bond motifs is 1. The van der Waals surface area contributed by atoms with Crippen LogP contribution in [-0.4, -0.2) is 33.9 Å². The number of carbonyl (C=O) groups is 1. The third kappa shape index (κ3) is 4.42. The number of nitrogens with one attached hydrogen (secondary N) is 2. The number of carbonyl (C=O) groups excluding carboxylic acids is 1. The molecule has 1 heterocycles. The van der Waals surface area contributed by atoms with Crippen molar-refractivity contribution in [2.24, 2.45) is 0 Å². The SMILES string of the molecule is CC[C@@H](COc1cc(C(=S)NO)on1)NC(=O)c1cccc2ccccc12. The summed E-state index contributed by atoms with van der Waals surface area (Å²) in [6.07, 6.45) is 0.678. The van der Waals surface area contributed by atoms with Crippen LogP contribution < -0.4 is 15.5 Å². The number of rotatable bonds is 7. The molecule has 3 rings (SSSR count). The predicted molar refractivity (Wildman–Crippen MR) is 104 cm³/mol. The molecule has 7 nitrogen and oxygen atoms in total. The lowest BCUT2D eigenvalue weighted by Gasteiger charge is -2.17. The topological polar surface area (TPSA) is 96.6 Å². The van der Waals surface area contributed by atoms with E-state index in [1.54, 1.807) is 6.07 Å². The van der Waals surface area contributed by atoms with Gasteiger partial charge in [0.25, 0.3) is 11.8 Å². The van der Waals surface area contributed by atoms with E-state index in [0.29, 0.717) is 12.0 Å². The lowest BCUT2D eigenvalue weighted by atomic mass is 10.0. The van der Waals surface area contributed by atoms with Crippen molar-refractivity contribution in [3.63, 3.8) is 0 Å². The van der Waals surface area contributed by atoms with Gasteiger partial charge >= 0.3 is 0 Å². The Balaban J connectivity index is 1.65. The van der Waals surface area contributed by atoms with Crippen molar-refractivity contribution in [3.05, 3.63) is 59.9 Å². The molecule has 0 bridgehead atoms. The fraction of sp³-hybridized carbons (Fsp3) is 0.211. The second kappa shape index (κ2) is 8.61. The maximum atomic E-state index is 12.7. The zero-order valence-electron chi connectivity index (χ0n) is 14.6. The van der Waals surface area contributed by atoms with Gasteiger partial charge in [0.1, 0.15) is 6.61 Å². The molecular weight excluding hydrogens is 366 g/mol. The van der Waals surface area contributed by atoms with Gasteiger partial charge in [0.2, 0.25) is 0 Å². The maximum absolute atomic E-state index is 12.7. The molecule has 0 radical (unpaired) electrons. The molecule has 0 spiro atoms. The Morgan fingerprint density at radius 2 is 2.07 bits per heavy atom. The Hall–Kier alpha value is -2.97. The summed E-state index contributed by atoms with van der Waals surface area (Å²) in [7, 11) is 0. The first kappa shape index (κ1) is 18.8. The van der Waals surface area contributed by atoms with Gasteiger partial charge in [-0.05, 0) is 28.4 Å². The van der Waals surface area contributed by atoms with Crippen LogP contribution >= 0.6 is 12.2 Å². The van der Waals surface area contributed by atoms with Gasteiger partial charge in [-0.2, -0.15) is 0 Å². The molecule has 3 N–H and O–H groups in total. The average Bonchev–Trinajstić information content (AvgIpc) is 3.19. The number of thiocarbonyl (C=S) groups is 1. The summed E-state index contributed by atoms with van der Waals surface area (Å²) in [5, 5.41) is 17.4. The second-order valence-corrected chi connectivity index (χ2v) is 6.29. The fourth-order valence-corrected chi connectivity index (χ4v) is 2.72. The Labute approximate surface area is 161 Å². The molecule has 0 unspecified atom stereocenters. The number of hydroxylamine groups is 1. The Morgan fingerprint density at radius 3 is 2.85 bits per heavy atom. The third-order valence-electron chi connectivity index (χ3n) is 4.11. The van der Waals surface area contributed by atoms with E-state index in [0.717, 1.165) is 10.8 Å². The molecule has 0 fully saturated rings. The van der Waals surface area contributed by atoms with E-state index in [9.17, 15) is 4.79 Å². The van der Waals surface area contributed by atoms with Gasteiger partial charge in [-0.15, -0.1) is 0 Å². The summed E-state index contributed by atoms with van der Waals surface area (Å²) in [5.74, 6) is 0.254. The van der Waals surface area contributed by atoms with E-state index in [-0.39, 0.29) is 35.2 Å². The Kier molecular flexibility index (Phi) is 6.00. The van der Waals surface area contributed by atoms with Crippen molar-refractivity contribution in [2.45, 2.75) is 19.4 Å². The highest BCUT2D eigenvalue weighted by molar-refractivity contribution is 7.80. The number of hydrogen-bond donors (Lipinski definition) is 3. The number of aromatic nitrogens is 1. The third-order valence-corrected chi connectivity index (χ3v) is 4.40. The van der Waals surface area contributed by atoms with Crippen molar-refractivity contribution < 1.29 is 19.3 Å². The molecule has 0 saturated heterocycles. The van der Waals surface area contributed by atoms with Crippen molar-refractivity contribution in [1.82, 2.24) is 16.0 Å². The maximum Gasteiger partial charge on any atom is 0.254 e. The summed E-state index contributed by atoms with van der Waals surface area (Å²) < 4.78 is 10.5. The van der Waals surface area contributed by atoms with Crippen LogP contribution in [-0.2, 0) is 0 Å². The monoisotopic (exact) mass is 385 g/mol. The average molecular weight is 385 g/mol. The molecule has 0 aliphatic rings. The minimum atomic E-state index is -0.209. The standard InChI is InChI=1S/C19H19N3O4S/c1-2-13(11-25-17-10-16(26-22-17)19(27)21-24)20-18(23)15-9-5-7-12-6-3-4-8-14(12)15/h3-10,13,24H,2,11H2,1H3,(H,20,23)(H,21,27)/t13-/m0/s1. The normalized spacial score (nSPS) is 11.8. The molecule has 3 aromatic rings. The van der Waals surface area contributed by atoms with Crippen LogP contribution in [0, 0.1) is 0 Å². The fourth-order valence-electron chi connectivity index (χ4n) is 2.62. The van der Waals surface area contributed by atoms with E-state index in [4.69, 9.17) is 26.7 Å². The summed E-state index contributed by atoms with van der Waals surface area (Å²) in [6, 6.07) is 14.6. The van der Waals surface area contributed by atoms with Gasteiger partial charge in [-0.1, -0.05) is 55.5 Å². The predicted octanol–water partition coefficient (Wildman–Crippen LogP) is 3.07. The van der Waals surface area contributed by atoms with E-state index < -0.39 is 0 Å².